The lowest BCUT2D eigenvalue weighted by Crippen LogP contribution is -2.38. The van der Waals surface area contributed by atoms with Crippen molar-refractivity contribution in [3.05, 3.63) is 35.4 Å². The van der Waals surface area contributed by atoms with Crippen LogP contribution in [0.1, 0.15) is 18.1 Å². The molecular weight excluding hydrogens is 260 g/mol. The third kappa shape index (κ3) is 4.55. The molecule has 7 heteroatoms. The summed E-state index contributed by atoms with van der Waals surface area (Å²) in [7, 11) is 0. The number of hydrogen-bond acceptors (Lipinski definition) is 4. The van der Waals surface area contributed by atoms with Crippen molar-refractivity contribution in [2.45, 2.75) is 18.6 Å². The minimum atomic E-state index is -1.32. The number of aliphatic hydroxyl groups excluding tert-OH is 2. The highest BCUT2D eigenvalue weighted by molar-refractivity contribution is 5.67. The van der Waals surface area contributed by atoms with Gasteiger partial charge in [-0.05, 0) is 17.7 Å². The maximum Gasteiger partial charge on any atom is 0.305 e. The predicted octanol–water partition coefficient (Wildman–Crippen LogP) is 0.423. The lowest BCUT2D eigenvalue weighted by atomic mass is 9.99. The standard InChI is InChI=1S/C12H15F2NO4/c13-8-2-1-7(5-9(8)14)12(19)10(6-11(17)18)15-3-4-16/h1-2,5,10,12,15-16,19H,3-4,6H2,(H,17,18). The molecule has 2 unspecified atom stereocenters. The van der Waals surface area contributed by atoms with E-state index < -0.39 is 36.2 Å². The topological polar surface area (TPSA) is 89.8 Å². The van der Waals surface area contributed by atoms with Gasteiger partial charge >= 0.3 is 5.97 Å². The molecule has 0 saturated heterocycles. The first-order valence-electron chi connectivity index (χ1n) is 5.64. The molecule has 1 aromatic rings. The molecule has 5 nitrogen and oxygen atoms in total. The van der Waals surface area contributed by atoms with Crippen molar-refractivity contribution < 1.29 is 28.9 Å². The highest BCUT2D eigenvalue weighted by atomic mass is 19.2. The summed E-state index contributed by atoms with van der Waals surface area (Å²) in [6.45, 7) is -0.153. The zero-order valence-electron chi connectivity index (χ0n) is 10.0. The Bertz CT molecular complexity index is 442. The molecule has 1 aromatic carbocycles. The van der Waals surface area contributed by atoms with Crippen LogP contribution in [-0.4, -0.2) is 40.5 Å². The first kappa shape index (κ1) is 15.5. The molecular formula is C12H15F2NO4. The van der Waals surface area contributed by atoms with Gasteiger partial charge in [-0.15, -0.1) is 0 Å². The Morgan fingerprint density at radius 1 is 1.32 bits per heavy atom. The molecule has 0 saturated carbocycles. The van der Waals surface area contributed by atoms with Gasteiger partial charge in [0.2, 0.25) is 0 Å². The minimum absolute atomic E-state index is 0.0654. The maximum absolute atomic E-state index is 13.1. The number of carboxylic acids is 1. The Hall–Kier alpha value is -1.57. The molecule has 0 aliphatic carbocycles. The highest BCUT2D eigenvalue weighted by Crippen LogP contribution is 2.21. The van der Waals surface area contributed by atoms with E-state index in [1.807, 2.05) is 0 Å². The molecule has 0 radical (unpaired) electrons. The van der Waals surface area contributed by atoms with Crippen molar-refractivity contribution in [3.63, 3.8) is 0 Å². The lowest BCUT2D eigenvalue weighted by molar-refractivity contribution is -0.138. The van der Waals surface area contributed by atoms with Crippen LogP contribution in [0.15, 0.2) is 18.2 Å². The molecule has 2 atom stereocenters. The number of carbonyl (C=O) groups is 1. The quantitative estimate of drug-likeness (QED) is 0.579. The Morgan fingerprint density at radius 2 is 2.00 bits per heavy atom. The molecule has 0 fully saturated rings. The van der Waals surface area contributed by atoms with Crippen molar-refractivity contribution >= 4 is 5.97 Å². The number of aliphatic carboxylic acids is 1. The summed E-state index contributed by atoms with van der Waals surface area (Å²) >= 11 is 0. The second-order valence-electron chi connectivity index (χ2n) is 4.00. The van der Waals surface area contributed by atoms with Gasteiger partial charge < -0.3 is 20.6 Å². The van der Waals surface area contributed by atoms with Gasteiger partial charge in [0.25, 0.3) is 0 Å². The van der Waals surface area contributed by atoms with Crippen LogP contribution in [-0.2, 0) is 4.79 Å². The Labute approximate surface area is 108 Å². The van der Waals surface area contributed by atoms with Gasteiger partial charge in [-0.3, -0.25) is 4.79 Å². The van der Waals surface area contributed by atoms with Crippen molar-refractivity contribution in [2.24, 2.45) is 0 Å². The van der Waals surface area contributed by atoms with Gasteiger partial charge in [-0.1, -0.05) is 6.07 Å². The van der Waals surface area contributed by atoms with Gasteiger partial charge in [-0.25, -0.2) is 8.78 Å². The number of carboxylic acid groups (broad SMARTS) is 1. The fourth-order valence-electron chi connectivity index (χ4n) is 1.66. The van der Waals surface area contributed by atoms with Gasteiger partial charge in [-0.2, -0.15) is 0 Å². The minimum Gasteiger partial charge on any atom is -0.481 e. The molecule has 0 aliphatic heterocycles. The fourth-order valence-corrected chi connectivity index (χ4v) is 1.66. The second kappa shape index (κ2) is 7.13. The van der Waals surface area contributed by atoms with E-state index in [9.17, 15) is 18.7 Å². The maximum atomic E-state index is 13.1. The number of benzene rings is 1. The monoisotopic (exact) mass is 275 g/mol. The Kier molecular flexibility index (Phi) is 5.81. The number of rotatable bonds is 7. The highest BCUT2D eigenvalue weighted by Gasteiger charge is 2.23. The smallest absolute Gasteiger partial charge is 0.305 e. The molecule has 0 bridgehead atoms. The van der Waals surface area contributed by atoms with Crippen LogP contribution in [0.3, 0.4) is 0 Å². The van der Waals surface area contributed by atoms with Crippen molar-refractivity contribution in [3.8, 4) is 0 Å². The lowest BCUT2D eigenvalue weighted by Gasteiger charge is -2.23. The van der Waals surface area contributed by atoms with Gasteiger partial charge in [0.05, 0.1) is 19.1 Å². The summed E-state index contributed by atoms with van der Waals surface area (Å²) in [5, 5.41) is 30.0. The number of aliphatic hydroxyl groups is 2. The van der Waals surface area contributed by atoms with Gasteiger partial charge in [0, 0.05) is 12.6 Å². The van der Waals surface area contributed by atoms with Crippen LogP contribution in [0.5, 0.6) is 0 Å². The van der Waals surface area contributed by atoms with E-state index in [-0.39, 0.29) is 18.7 Å². The predicted molar refractivity (Wildman–Crippen MR) is 62.4 cm³/mol. The zero-order valence-corrected chi connectivity index (χ0v) is 10.0. The van der Waals surface area contributed by atoms with Crippen molar-refractivity contribution in [2.75, 3.05) is 13.2 Å². The summed E-state index contributed by atoms with van der Waals surface area (Å²) in [4.78, 5) is 10.7. The normalized spacial score (nSPS) is 14.1. The molecule has 19 heavy (non-hydrogen) atoms. The van der Waals surface area contributed by atoms with E-state index in [4.69, 9.17) is 10.2 Å². The van der Waals surface area contributed by atoms with Gasteiger partial charge in [0.1, 0.15) is 0 Å². The van der Waals surface area contributed by atoms with Crippen LogP contribution in [0.25, 0.3) is 0 Å². The molecule has 1 rings (SSSR count). The number of hydrogen-bond donors (Lipinski definition) is 4. The van der Waals surface area contributed by atoms with E-state index in [2.05, 4.69) is 5.32 Å². The average Bonchev–Trinajstić information content (AvgIpc) is 2.36. The van der Waals surface area contributed by atoms with E-state index in [0.717, 1.165) is 12.1 Å². The van der Waals surface area contributed by atoms with Crippen LogP contribution < -0.4 is 5.32 Å². The van der Waals surface area contributed by atoms with Crippen molar-refractivity contribution in [1.82, 2.24) is 5.32 Å². The first-order chi connectivity index (χ1) is 8.95. The summed E-state index contributed by atoms with van der Waals surface area (Å²) < 4.78 is 25.8. The van der Waals surface area contributed by atoms with E-state index in [1.54, 1.807) is 0 Å². The number of nitrogens with one attached hydrogen (secondary N) is 1. The van der Waals surface area contributed by atoms with Crippen molar-refractivity contribution in [1.29, 1.82) is 0 Å². The Morgan fingerprint density at radius 3 is 2.53 bits per heavy atom. The summed E-state index contributed by atoms with van der Waals surface area (Å²) in [6, 6.07) is 1.95. The zero-order chi connectivity index (χ0) is 14.4. The molecule has 0 aromatic heterocycles. The summed E-state index contributed by atoms with van der Waals surface area (Å²) in [6.07, 6.45) is -1.74. The molecule has 0 spiro atoms. The second-order valence-corrected chi connectivity index (χ2v) is 4.00. The van der Waals surface area contributed by atoms with Crippen LogP contribution in [0, 0.1) is 11.6 Å². The molecule has 4 N–H and O–H groups in total. The van der Waals surface area contributed by atoms with E-state index >= 15 is 0 Å². The Balaban J connectivity index is 2.86. The van der Waals surface area contributed by atoms with E-state index in [0.29, 0.717) is 0 Å². The first-order valence-corrected chi connectivity index (χ1v) is 5.64. The third-order valence-corrected chi connectivity index (χ3v) is 2.58. The SMILES string of the molecule is O=C(O)CC(NCCO)C(O)c1ccc(F)c(F)c1. The molecule has 0 amide bonds. The van der Waals surface area contributed by atoms with Crippen LogP contribution in [0.4, 0.5) is 8.78 Å². The molecule has 0 aliphatic rings. The van der Waals surface area contributed by atoms with Gasteiger partial charge in [0.15, 0.2) is 11.6 Å². The largest absolute Gasteiger partial charge is 0.481 e. The van der Waals surface area contributed by atoms with Crippen LogP contribution >= 0.6 is 0 Å². The van der Waals surface area contributed by atoms with E-state index in [1.165, 1.54) is 6.07 Å². The third-order valence-electron chi connectivity index (χ3n) is 2.58. The number of halogens is 2. The molecule has 0 heterocycles. The summed E-state index contributed by atoms with van der Waals surface area (Å²) in [5.41, 5.74) is 0.0654. The van der Waals surface area contributed by atoms with Crippen LogP contribution in [0.2, 0.25) is 0 Å². The summed E-state index contributed by atoms with van der Waals surface area (Å²) in [5.74, 6) is -3.32. The fraction of sp³-hybridized carbons (Fsp3) is 0.417. The average molecular weight is 275 g/mol. The molecule has 106 valence electrons.